The Kier molecular flexibility index (Phi) is 5.80. The highest BCUT2D eigenvalue weighted by molar-refractivity contribution is 5.94. The highest BCUT2D eigenvalue weighted by atomic mass is 19.1. The number of hydrogen-bond acceptors (Lipinski definition) is 2. The molecule has 1 atom stereocenters. The molecule has 0 N–H and O–H groups in total. The molecule has 0 bridgehead atoms. The van der Waals surface area contributed by atoms with Crippen LogP contribution in [-0.2, 0) is 11.0 Å². The van der Waals surface area contributed by atoms with Crippen LogP contribution in [0.1, 0.15) is 41.7 Å². The van der Waals surface area contributed by atoms with Crippen LogP contribution in [0, 0.1) is 5.82 Å². The van der Waals surface area contributed by atoms with Crippen LogP contribution in [0.15, 0.2) is 115 Å². The zero-order chi connectivity index (χ0) is 26.3. The van der Waals surface area contributed by atoms with Crippen molar-refractivity contribution in [1.29, 1.82) is 0 Å². The van der Waals surface area contributed by atoms with E-state index in [0.29, 0.717) is 11.3 Å². The fourth-order valence-electron chi connectivity index (χ4n) is 5.47. The molecule has 1 aliphatic heterocycles. The fraction of sp³-hybridized carbons (Fsp3) is 0.143. The number of rotatable bonds is 5. The summed E-state index contributed by atoms with van der Waals surface area (Å²) in [5.74, 6) is 1.14. The molecule has 1 heterocycles. The van der Waals surface area contributed by atoms with E-state index in [1.807, 2.05) is 48.5 Å². The second-order valence-corrected chi connectivity index (χ2v) is 10.3. The minimum absolute atomic E-state index is 0.133. The van der Waals surface area contributed by atoms with E-state index in [2.05, 4.69) is 68.5 Å². The van der Waals surface area contributed by atoms with Crippen molar-refractivity contribution in [3.63, 3.8) is 0 Å². The summed E-state index contributed by atoms with van der Waals surface area (Å²) in [6.07, 6.45) is 4.04. The molecule has 0 amide bonds. The van der Waals surface area contributed by atoms with E-state index >= 15 is 4.39 Å². The predicted octanol–water partition coefficient (Wildman–Crippen LogP) is 8.66. The largest absolute Gasteiger partial charge is 0.497 e. The molecule has 0 spiro atoms. The van der Waals surface area contributed by atoms with E-state index in [-0.39, 0.29) is 11.2 Å². The standard InChI is InChI=1S/C35H29FO2/c1-34(2,25-9-5-4-6-10-25)27-16-19-29-24(23-27)13-20-33-30(29)21-22-35(38-33,31-11-7-8-12-32(31)36)26-14-17-28(37-3)18-15-26/h4-23H,1-3H3. The molecular weight excluding hydrogens is 471 g/mol. The van der Waals surface area contributed by atoms with Crippen molar-refractivity contribution >= 4 is 16.8 Å². The molecule has 188 valence electrons. The van der Waals surface area contributed by atoms with Crippen molar-refractivity contribution in [1.82, 2.24) is 0 Å². The number of methoxy groups -OCH3 is 1. The Labute approximate surface area is 223 Å². The Balaban J connectivity index is 1.47. The quantitative estimate of drug-likeness (QED) is 0.240. The van der Waals surface area contributed by atoms with E-state index in [9.17, 15) is 0 Å². The molecule has 0 aromatic heterocycles. The lowest BCUT2D eigenvalue weighted by Crippen LogP contribution is -2.35. The average Bonchev–Trinajstić information content (AvgIpc) is 2.97. The highest BCUT2D eigenvalue weighted by Gasteiger charge is 2.39. The van der Waals surface area contributed by atoms with Gasteiger partial charge in [0.2, 0.25) is 0 Å². The second kappa shape index (κ2) is 9.18. The summed E-state index contributed by atoms with van der Waals surface area (Å²) in [5.41, 5.74) is 3.56. The van der Waals surface area contributed by atoms with Gasteiger partial charge in [0.25, 0.3) is 0 Å². The third-order valence-corrected chi connectivity index (χ3v) is 7.79. The van der Waals surface area contributed by atoms with Gasteiger partial charge in [-0.3, -0.25) is 0 Å². The van der Waals surface area contributed by atoms with Crippen molar-refractivity contribution in [3.8, 4) is 11.5 Å². The summed E-state index contributed by atoms with van der Waals surface area (Å²) in [5, 5.41) is 2.24. The van der Waals surface area contributed by atoms with Gasteiger partial charge in [-0.2, -0.15) is 0 Å². The lowest BCUT2D eigenvalue weighted by Gasteiger charge is -2.36. The molecule has 0 fully saturated rings. The summed E-state index contributed by atoms with van der Waals surface area (Å²) >= 11 is 0. The average molecular weight is 501 g/mol. The van der Waals surface area contributed by atoms with Crippen molar-refractivity contribution in [2.45, 2.75) is 24.9 Å². The van der Waals surface area contributed by atoms with Crippen LogP contribution in [0.4, 0.5) is 4.39 Å². The van der Waals surface area contributed by atoms with Gasteiger partial charge in [0.05, 0.1) is 7.11 Å². The predicted molar refractivity (Wildman–Crippen MR) is 152 cm³/mol. The SMILES string of the molecule is COc1ccc(C2(c3ccccc3F)C=Cc3c(ccc4cc(C(C)(C)c5ccccc5)ccc34)O2)cc1. The molecule has 1 aliphatic rings. The lowest BCUT2D eigenvalue weighted by molar-refractivity contribution is 0.156. The Morgan fingerprint density at radius 1 is 0.763 bits per heavy atom. The van der Waals surface area contributed by atoms with Gasteiger partial charge in [0.15, 0.2) is 5.60 Å². The number of fused-ring (bicyclic) bond motifs is 3. The zero-order valence-corrected chi connectivity index (χ0v) is 21.7. The molecule has 5 aromatic carbocycles. The third-order valence-electron chi connectivity index (χ3n) is 7.79. The maximum atomic E-state index is 15.2. The van der Waals surface area contributed by atoms with Crippen LogP contribution in [0.25, 0.3) is 16.8 Å². The second-order valence-electron chi connectivity index (χ2n) is 10.3. The monoisotopic (exact) mass is 500 g/mol. The molecule has 2 nitrogen and oxygen atoms in total. The summed E-state index contributed by atoms with van der Waals surface area (Å²) in [6, 6.07) is 35.7. The van der Waals surface area contributed by atoms with Crippen LogP contribution in [-0.4, -0.2) is 7.11 Å². The van der Waals surface area contributed by atoms with Gasteiger partial charge in [-0.1, -0.05) is 98.8 Å². The van der Waals surface area contributed by atoms with Crippen molar-refractivity contribution < 1.29 is 13.9 Å². The molecular formula is C35H29FO2. The number of ether oxygens (including phenoxy) is 2. The molecule has 0 aliphatic carbocycles. The van der Waals surface area contributed by atoms with Gasteiger partial charge in [-0.15, -0.1) is 0 Å². The van der Waals surface area contributed by atoms with Gasteiger partial charge >= 0.3 is 0 Å². The van der Waals surface area contributed by atoms with Crippen molar-refractivity contribution in [2.24, 2.45) is 0 Å². The molecule has 0 radical (unpaired) electrons. The van der Waals surface area contributed by atoms with E-state index in [0.717, 1.165) is 27.6 Å². The van der Waals surface area contributed by atoms with Crippen molar-refractivity contribution in [3.05, 3.63) is 149 Å². The van der Waals surface area contributed by atoms with Gasteiger partial charge in [0, 0.05) is 22.1 Å². The first-order valence-electron chi connectivity index (χ1n) is 12.8. The van der Waals surface area contributed by atoms with Crippen LogP contribution >= 0.6 is 0 Å². The topological polar surface area (TPSA) is 18.5 Å². The minimum atomic E-state index is -1.10. The third kappa shape index (κ3) is 3.86. The Morgan fingerprint density at radius 3 is 2.24 bits per heavy atom. The first-order chi connectivity index (χ1) is 18.4. The van der Waals surface area contributed by atoms with Gasteiger partial charge in [0.1, 0.15) is 17.3 Å². The van der Waals surface area contributed by atoms with Gasteiger partial charge in [-0.05, 0) is 58.3 Å². The Hall–Kier alpha value is -4.37. The number of halogens is 1. The molecule has 38 heavy (non-hydrogen) atoms. The van der Waals surface area contributed by atoms with Crippen molar-refractivity contribution in [2.75, 3.05) is 7.11 Å². The molecule has 0 saturated carbocycles. The molecule has 5 aromatic rings. The summed E-state index contributed by atoms with van der Waals surface area (Å²) in [4.78, 5) is 0. The highest BCUT2D eigenvalue weighted by Crippen LogP contribution is 2.45. The molecule has 6 rings (SSSR count). The Bertz CT molecular complexity index is 1650. The van der Waals surface area contributed by atoms with Crippen LogP contribution in [0.2, 0.25) is 0 Å². The number of benzene rings is 5. The first kappa shape index (κ1) is 24.0. The Morgan fingerprint density at radius 2 is 1.50 bits per heavy atom. The van der Waals surface area contributed by atoms with E-state index in [1.165, 1.54) is 17.2 Å². The fourth-order valence-corrected chi connectivity index (χ4v) is 5.47. The first-order valence-corrected chi connectivity index (χ1v) is 12.8. The maximum Gasteiger partial charge on any atom is 0.180 e. The van der Waals surface area contributed by atoms with Crippen LogP contribution < -0.4 is 9.47 Å². The molecule has 3 heteroatoms. The van der Waals surface area contributed by atoms with E-state index < -0.39 is 5.60 Å². The maximum absolute atomic E-state index is 15.2. The molecule has 0 saturated heterocycles. The van der Waals surface area contributed by atoms with Crippen LogP contribution in [0.3, 0.4) is 0 Å². The minimum Gasteiger partial charge on any atom is -0.497 e. The normalized spacial score (nSPS) is 16.6. The lowest BCUT2D eigenvalue weighted by atomic mass is 9.77. The zero-order valence-electron chi connectivity index (χ0n) is 21.7. The van der Waals surface area contributed by atoms with Gasteiger partial charge in [-0.25, -0.2) is 4.39 Å². The van der Waals surface area contributed by atoms with E-state index in [4.69, 9.17) is 9.47 Å². The van der Waals surface area contributed by atoms with Crippen LogP contribution in [0.5, 0.6) is 11.5 Å². The smallest absolute Gasteiger partial charge is 0.180 e. The number of hydrogen-bond donors (Lipinski definition) is 0. The summed E-state index contributed by atoms with van der Waals surface area (Å²) < 4.78 is 27.3. The van der Waals surface area contributed by atoms with Gasteiger partial charge < -0.3 is 9.47 Å². The summed E-state index contributed by atoms with van der Waals surface area (Å²) in [6.45, 7) is 4.51. The van der Waals surface area contributed by atoms with E-state index in [1.54, 1.807) is 19.2 Å². The summed E-state index contributed by atoms with van der Waals surface area (Å²) in [7, 11) is 1.63. The molecule has 1 unspecified atom stereocenters.